The average molecular weight is 291 g/mol. The number of nitrogens with one attached hydrogen (secondary N) is 1. The van der Waals surface area contributed by atoms with E-state index in [4.69, 9.17) is 5.11 Å². The summed E-state index contributed by atoms with van der Waals surface area (Å²) in [5.41, 5.74) is 0.0358. The monoisotopic (exact) mass is 291 g/mol. The fourth-order valence-corrected chi connectivity index (χ4v) is 2.55. The molecule has 0 amide bonds. The SMILES string of the molecule is OCCSc1ccc(CNC2CC2)cc1C(F)(F)F. The molecule has 0 aliphatic heterocycles. The van der Waals surface area contributed by atoms with Gasteiger partial charge < -0.3 is 10.4 Å². The summed E-state index contributed by atoms with van der Waals surface area (Å²) in [6, 6.07) is 4.88. The van der Waals surface area contributed by atoms with Gasteiger partial charge in [-0.2, -0.15) is 13.2 Å². The van der Waals surface area contributed by atoms with Crippen molar-refractivity contribution < 1.29 is 18.3 Å². The molecule has 2 nitrogen and oxygen atoms in total. The number of alkyl halides is 3. The molecule has 1 saturated carbocycles. The fourth-order valence-electron chi connectivity index (χ4n) is 1.74. The lowest BCUT2D eigenvalue weighted by Gasteiger charge is -2.14. The summed E-state index contributed by atoms with van der Waals surface area (Å²) in [4.78, 5) is 0.178. The quantitative estimate of drug-likeness (QED) is 0.790. The van der Waals surface area contributed by atoms with Crippen molar-refractivity contribution in [3.63, 3.8) is 0 Å². The molecule has 19 heavy (non-hydrogen) atoms. The Morgan fingerprint density at radius 2 is 2.05 bits per heavy atom. The zero-order chi connectivity index (χ0) is 13.9. The highest BCUT2D eigenvalue weighted by Gasteiger charge is 2.33. The third-order valence-electron chi connectivity index (χ3n) is 2.87. The molecule has 1 aromatic carbocycles. The second-order valence-corrected chi connectivity index (χ2v) is 5.69. The number of hydrogen-bond acceptors (Lipinski definition) is 3. The molecule has 0 atom stereocenters. The van der Waals surface area contributed by atoms with Gasteiger partial charge in [0.2, 0.25) is 0 Å². The molecule has 0 bridgehead atoms. The van der Waals surface area contributed by atoms with Gasteiger partial charge in [0.15, 0.2) is 0 Å². The van der Waals surface area contributed by atoms with E-state index in [1.165, 1.54) is 12.1 Å². The van der Waals surface area contributed by atoms with Gasteiger partial charge >= 0.3 is 6.18 Å². The Labute approximate surface area is 114 Å². The van der Waals surface area contributed by atoms with Crippen LogP contribution in [0.25, 0.3) is 0 Å². The van der Waals surface area contributed by atoms with Crippen LogP contribution in [0.15, 0.2) is 23.1 Å². The molecule has 1 aliphatic carbocycles. The summed E-state index contributed by atoms with van der Waals surface area (Å²) in [7, 11) is 0. The van der Waals surface area contributed by atoms with Crippen LogP contribution in [0.3, 0.4) is 0 Å². The normalized spacial score (nSPS) is 15.8. The van der Waals surface area contributed by atoms with Crippen LogP contribution < -0.4 is 5.32 Å². The van der Waals surface area contributed by atoms with Gasteiger partial charge in [0.05, 0.1) is 12.2 Å². The number of aliphatic hydroxyl groups is 1. The molecule has 2 N–H and O–H groups in total. The molecule has 0 spiro atoms. The van der Waals surface area contributed by atoms with Crippen LogP contribution in [0.2, 0.25) is 0 Å². The van der Waals surface area contributed by atoms with Gasteiger partial charge in [-0.3, -0.25) is 0 Å². The lowest BCUT2D eigenvalue weighted by atomic mass is 10.1. The molecule has 1 aliphatic rings. The van der Waals surface area contributed by atoms with Crippen LogP contribution in [0, 0.1) is 0 Å². The Bertz CT molecular complexity index is 432. The van der Waals surface area contributed by atoms with Crippen LogP contribution in [-0.2, 0) is 12.7 Å². The van der Waals surface area contributed by atoms with E-state index in [-0.39, 0.29) is 17.3 Å². The summed E-state index contributed by atoms with van der Waals surface area (Å²) in [5.74, 6) is 0.267. The zero-order valence-electron chi connectivity index (χ0n) is 10.3. The lowest BCUT2D eigenvalue weighted by Crippen LogP contribution is -2.16. The summed E-state index contributed by atoms with van der Waals surface area (Å²) in [5, 5.41) is 11.9. The van der Waals surface area contributed by atoms with Gasteiger partial charge in [0, 0.05) is 23.2 Å². The molecule has 1 fully saturated rings. The first-order chi connectivity index (χ1) is 9.00. The summed E-state index contributed by atoms with van der Waals surface area (Å²) in [6.07, 6.45) is -2.14. The molecule has 6 heteroatoms. The number of benzene rings is 1. The maximum Gasteiger partial charge on any atom is 0.417 e. The van der Waals surface area contributed by atoms with Crippen molar-refractivity contribution >= 4 is 11.8 Å². The van der Waals surface area contributed by atoms with Gasteiger partial charge in [-0.1, -0.05) is 6.07 Å². The minimum Gasteiger partial charge on any atom is -0.396 e. The Morgan fingerprint density at radius 1 is 1.32 bits per heavy atom. The molecule has 0 heterocycles. The second-order valence-electron chi connectivity index (χ2n) is 4.56. The van der Waals surface area contributed by atoms with Gasteiger partial charge in [-0.05, 0) is 30.5 Å². The molecule has 0 radical (unpaired) electrons. The minimum atomic E-state index is -4.35. The Hall–Kier alpha value is -0.720. The van der Waals surface area contributed by atoms with Crippen molar-refractivity contribution in [2.75, 3.05) is 12.4 Å². The standard InChI is InChI=1S/C13H16F3NOS/c14-13(15,16)11-7-9(8-17-10-2-3-10)1-4-12(11)19-6-5-18/h1,4,7,10,17-18H,2-3,5-6,8H2. The van der Waals surface area contributed by atoms with Gasteiger partial charge in [-0.15, -0.1) is 11.8 Å². The molecule has 1 aromatic rings. The Balaban J connectivity index is 2.14. The predicted octanol–water partition coefficient (Wildman–Crippen LogP) is 3.04. The van der Waals surface area contributed by atoms with Crippen molar-refractivity contribution in [2.24, 2.45) is 0 Å². The third-order valence-corrected chi connectivity index (χ3v) is 3.92. The predicted molar refractivity (Wildman–Crippen MR) is 69.1 cm³/mol. The molecular weight excluding hydrogens is 275 g/mol. The van der Waals surface area contributed by atoms with Crippen molar-refractivity contribution in [3.8, 4) is 0 Å². The Kier molecular flexibility index (Phi) is 4.76. The average Bonchev–Trinajstić information content (AvgIpc) is 3.17. The summed E-state index contributed by atoms with van der Waals surface area (Å²) >= 11 is 1.03. The highest BCUT2D eigenvalue weighted by Crippen LogP contribution is 2.37. The number of aliphatic hydroxyl groups excluding tert-OH is 1. The highest BCUT2D eigenvalue weighted by molar-refractivity contribution is 7.99. The van der Waals surface area contributed by atoms with Crippen LogP contribution in [-0.4, -0.2) is 23.5 Å². The maximum atomic E-state index is 13.0. The first-order valence-electron chi connectivity index (χ1n) is 6.18. The molecule has 0 saturated heterocycles. The molecule has 106 valence electrons. The van der Waals surface area contributed by atoms with Gasteiger partial charge in [0.25, 0.3) is 0 Å². The summed E-state index contributed by atoms with van der Waals surface area (Å²) in [6.45, 7) is 0.339. The van der Waals surface area contributed by atoms with Crippen molar-refractivity contribution in [3.05, 3.63) is 29.3 Å². The first-order valence-corrected chi connectivity index (χ1v) is 7.16. The van der Waals surface area contributed by atoms with Crippen LogP contribution in [0.5, 0.6) is 0 Å². The van der Waals surface area contributed by atoms with E-state index in [0.717, 1.165) is 24.6 Å². The second kappa shape index (κ2) is 6.15. The third kappa shape index (κ3) is 4.40. The van der Waals surface area contributed by atoms with Crippen LogP contribution in [0.4, 0.5) is 13.2 Å². The number of halogens is 3. The van der Waals surface area contributed by atoms with E-state index in [2.05, 4.69) is 5.32 Å². The van der Waals surface area contributed by atoms with Crippen molar-refractivity contribution in [2.45, 2.75) is 36.5 Å². The topological polar surface area (TPSA) is 32.3 Å². The maximum absolute atomic E-state index is 13.0. The summed E-state index contributed by atoms with van der Waals surface area (Å²) < 4.78 is 38.9. The Morgan fingerprint density at radius 3 is 2.63 bits per heavy atom. The first kappa shape index (κ1) is 14.7. The van der Waals surface area contributed by atoms with Crippen molar-refractivity contribution in [1.82, 2.24) is 5.32 Å². The highest BCUT2D eigenvalue weighted by atomic mass is 32.2. The molecule has 0 aromatic heterocycles. The van der Waals surface area contributed by atoms with E-state index in [9.17, 15) is 13.2 Å². The van der Waals surface area contributed by atoms with Crippen LogP contribution in [0.1, 0.15) is 24.0 Å². The number of hydrogen-bond donors (Lipinski definition) is 2. The number of rotatable bonds is 6. The van der Waals surface area contributed by atoms with Crippen molar-refractivity contribution in [1.29, 1.82) is 0 Å². The lowest BCUT2D eigenvalue weighted by molar-refractivity contribution is -0.139. The van der Waals surface area contributed by atoms with E-state index in [1.807, 2.05) is 0 Å². The molecular formula is C13H16F3NOS. The number of thioether (sulfide) groups is 1. The van der Waals surface area contributed by atoms with E-state index in [0.29, 0.717) is 18.2 Å². The van der Waals surface area contributed by atoms with E-state index >= 15 is 0 Å². The fraction of sp³-hybridized carbons (Fsp3) is 0.538. The smallest absolute Gasteiger partial charge is 0.396 e. The zero-order valence-corrected chi connectivity index (χ0v) is 11.2. The van der Waals surface area contributed by atoms with Crippen LogP contribution >= 0.6 is 11.8 Å². The van der Waals surface area contributed by atoms with Gasteiger partial charge in [-0.25, -0.2) is 0 Å². The van der Waals surface area contributed by atoms with Gasteiger partial charge in [0.1, 0.15) is 0 Å². The van der Waals surface area contributed by atoms with E-state index in [1.54, 1.807) is 6.07 Å². The minimum absolute atomic E-state index is 0.132. The molecule has 0 unspecified atom stereocenters. The molecule has 2 rings (SSSR count). The van der Waals surface area contributed by atoms with E-state index < -0.39 is 11.7 Å². The largest absolute Gasteiger partial charge is 0.417 e.